The Morgan fingerprint density at radius 1 is 0.821 bits per heavy atom. The predicted molar refractivity (Wildman–Crippen MR) is 146 cm³/mol. The van der Waals surface area contributed by atoms with Crippen molar-refractivity contribution in [3.05, 3.63) is 85.5 Å². The highest BCUT2D eigenvalue weighted by atomic mass is 35.7. The summed E-state index contributed by atoms with van der Waals surface area (Å²) in [5.74, 6) is -0.350. The minimum atomic E-state index is -3.71. The van der Waals surface area contributed by atoms with Crippen molar-refractivity contribution in [3.8, 4) is 0 Å². The van der Waals surface area contributed by atoms with Crippen LogP contribution in [0.3, 0.4) is 0 Å². The summed E-state index contributed by atoms with van der Waals surface area (Å²) in [4.78, 5) is -0.0429. The molecule has 4 atom stereocenters. The van der Waals surface area contributed by atoms with Gasteiger partial charge in [0, 0.05) is 28.6 Å². The molecule has 0 aromatic heterocycles. The van der Waals surface area contributed by atoms with E-state index in [9.17, 15) is 25.6 Å². The fraction of sp³-hybridized carbons (Fsp3) is 0.385. The molecule has 2 aromatic rings. The maximum atomic E-state index is 12.8. The van der Waals surface area contributed by atoms with Gasteiger partial charge in [0.2, 0.25) is 10.0 Å². The monoisotopic (exact) mass is 606 g/mol. The van der Waals surface area contributed by atoms with Crippen LogP contribution in [0.4, 0.5) is 8.78 Å². The molecule has 3 N–H and O–H groups in total. The molecule has 0 radical (unpaired) electrons. The van der Waals surface area contributed by atoms with Crippen LogP contribution in [0, 0.1) is 23.5 Å². The Morgan fingerprint density at radius 2 is 1.28 bits per heavy atom. The van der Waals surface area contributed by atoms with Crippen LogP contribution in [0.25, 0.3) is 0 Å². The second-order valence-corrected chi connectivity index (χ2v) is 13.2. The van der Waals surface area contributed by atoms with Gasteiger partial charge in [-0.25, -0.2) is 30.3 Å². The number of benzene rings is 2. The van der Waals surface area contributed by atoms with Crippen molar-refractivity contribution in [1.82, 2.24) is 4.72 Å². The van der Waals surface area contributed by atoms with Crippen molar-refractivity contribution in [1.29, 1.82) is 0 Å². The standard InChI is InChI=1S/C13H16FNO3S.C7H13NO.C6H4ClFO2S/c1-2-3-10-8-18-9-13(10)15-19(16,17)12-6-4-11(14)5-7-12;1-2-3-6-4-9-5-7(6)8;7-11(9,10)6-3-1-5(8)2-4-6/h2,4-7,10,13,15H,1,3,8-9H2;2,6-7H,1,3-5,8H2;1-4H. The summed E-state index contributed by atoms with van der Waals surface area (Å²) in [6.45, 7) is 9.69. The molecule has 39 heavy (non-hydrogen) atoms. The molecule has 8 nitrogen and oxygen atoms in total. The molecule has 0 aliphatic carbocycles. The van der Waals surface area contributed by atoms with Gasteiger partial charge in [-0.2, -0.15) is 0 Å². The lowest BCUT2D eigenvalue weighted by Gasteiger charge is -2.17. The number of allylic oxidation sites excluding steroid dienone is 2. The molecule has 2 aromatic carbocycles. The minimum absolute atomic E-state index is 0.0538. The third-order valence-corrected chi connectivity index (χ3v) is 8.79. The zero-order chi connectivity index (χ0) is 29.1. The Labute approximate surface area is 233 Å². The van der Waals surface area contributed by atoms with Crippen LogP contribution < -0.4 is 10.5 Å². The van der Waals surface area contributed by atoms with Gasteiger partial charge in [0.15, 0.2) is 0 Å². The van der Waals surface area contributed by atoms with Crippen molar-refractivity contribution in [2.45, 2.75) is 34.7 Å². The molecule has 0 spiro atoms. The molecule has 0 bridgehead atoms. The molecule has 2 aliphatic heterocycles. The van der Waals surface area contributed by atoms with Crippen LogP contribution >= 0.6 is 10.7 Å². The molecule has 0 amide bonds. The van der Waals surface area contributed by atoms with Crippen LogP contribution in [-0.2, 0) is 28.5 Å². The zero-order valence-corrected chi connectivity index (χ0v) is 23.6. The van der Waals surface area contributed by atoms with Crippen molar-refractivity contribution in [2.24, 2.45) is 17.6 Å². The molecule has 2 heterocycles. The van der Waals surface area contributed by atoms with Crippen molar-refractivity contribution < 1.29 is 35.1 Å². The highest BCUT2D eigenvalue weighted by Gasteiger charge is 2.31. The summed E-state index contributed by atoms with van der Waals surface area (Å²) in [6.07, 6.45) is 5.33. The summed E-state index contributed by atoms with van der Waals surface area (Å²) < 4.78 is 83.5. The highest BCUT2D eigenvalue weighted by molar-refractivity contribution is 8.13. The summed E-state index contributed by atoms with van der Waals surface area (Å²) in [5, 5.41) is 0. The molecule has 0 saturated carbocycles. The third kappa shape index (κ3) is 11.1. The number of sulfonamides is 1. The fourth-order valence-electron chi connectivity index (χ4n) is 3.73. The lowest BCUT2D eigenvalue weighted by Crippen LogP contribution is -2.39. The van der Waals surface area contributed by atoms with Gasteiger partial charge in [-0.05, 0) is 61.4 Å². The molecule has 4 rings (SSSR count). The average molecular weight is 607 g/mol. The third-order valence-electron chi connectivity index (χ3n) is 5.91. The van der Waals surface area contributed by atoms with Gasteiger partial charge in [-0.3, -0.25) is 0 Å². The predicted octanol–water partition coefficient (Wildman–Crippen LogP) is 3.98. The van der Waals surface area contributed by atoms with Gasteiger partial charge in [-0.1, -0.05) is 12.2 Å². The Morgan fingerprint density at radius 3 is 1.74 bits per heavy atom. The Balaban J connectivity index is 0.000000226. The molecular weight excluding hydrogens is 574 g/mol. The number of hydrogen-bond acceptors (Lipinski definition) is 7. The Hall–Kier alpha value is -2.19. The van der Waals surface area contributed by atoms with E-state index in [4.69, 9.17) is 25.9 Å². The Kier molecular flexibility index (Phi) is 13.2. The van der Waals surface area contributed by atoms with Gasteiger partial charge < -0.3 is 15.2 Å². The minimum Gasteiger partial charge on any atom is -0.379 e. The molecule has 13 heteroatoms. The van der Waals surface area contributed by atoms with Crippen molar-refractivity contribution in [3.63, 3.8) is 0 Å². The lowest BCUT2D eigenvalue weighted by molar-refractivity contribution is 0.184. The summed E-state index contributed by atoms with van der Waals surface area (Å²) in [6, 6.07) is 9.00. The summed E-state index contributed by atoms with van der Waals surface area (Å²) in [7, 11) is -2.40. The van der Waals surface area contributed by atoms with Crippen LogP contribution in [0.1, 0.15) is 12.8 Å². The average Bonchev–Trinajstić information content (AvgIpc) is 3.48. The van der Waals surface area contributed by atoms with E-state index < -0.39 is 30.7 Å². The van der Waals surface area contributed by atoms with Crippen LogP contribution in [-0.4, -0.2) is 55.3 Å². The van der Waals surface area contributed by atoms with Crippen molar-refractivity contribution >= 4 is 29.8 Å². The molecule has 4 unspecified atom stereocenters. The number of halogens is 3. The van der Waals surface area contributed by atoms with E-state index in [2.05, 4.69) is 17.9 Å². The quantitative estimate of drug-likeness (QED) is 0.344. The Bertz CT molecular complexity index is 1280. The van der Waals surface area contributed by atoms with Gasteiger partial charge >= 0.3 is 0 Å². The van der Waals surface area contributed by atoms with Gasteiger partial charge in [0.1, 0.15) is 11.6 Å². The van der Waals surface area contributed by atoms with Gasteiger partial charge in [-0.15, -0.1) is 13.2 Å². The largest absolute Gasteiger partial charge is 0.379 e. The van der Waals surface area contributed by atoms with E-state index in [0.29, 0.717) is 25.6 Å². The van der Waals surface area contributed by atoms with Crippen molar-refractivity contribution in [2.75, 3.05) is 26.4 Å². The first kappa shape index (κ1) is 33.0. The zero-order valence-electron chi connectivity index (χ0n) is 21.2. The van der Waals surface area contributed by atoms with Gasteiger partial charge in [0.05, 0.1) is 42.3 Å². The smallest absolute Gasteiger partial charge is 0.261 e. The highest BCUT2D eigenvalue weighted by Crippen LogP contribution is 2.20. The lowest BCUT2D eigenvalue weighted by atomic mass is 10.0. The first-order valence-corrected chi connectivity index (χ1v) is 15.8. The van der Waals surface area contributed by atoms with Crippen LogP contribution in [0.5, 0.6) is 0 Å². The first-order chi connectivity index (χ1) is 18.4. The molecule has 2 fully saturated rings. The van der Waals surface area contributed by atoms with Gasteiger partial charge in [0.25, 0.3) is 9.05 Å². The number of nitrogens with two attached hydrogens (primary N) is 1. The normalized spacial score (nSPS) is 22.7. The number of hydrogen-bond donors (Lipinski definition) is 2. The number of ether oxygens (including phenoxy) is 2. The van der Waals surface area contributed by atoms with E-state index in [-0.39, 0.29) is 27.8 Å². The maximum absolute atomic E-state index is 12.8. The molecule has 216 valence electrons. The molecule has 2 aliphatic rings. The van der Waals surface area contributed by atoms with E-state index in [1.165, 1.54) is 12.1 Å². The maximum Gasteiger partial charge on any atom is 0.261 e. The van der Waals surface area contributed by atoms with Crippen LogP contribution in [0.2, 0.25) is 0 Å². The molecule has 2 saturated heterocycles. The fourth-order valence-corrected chi connectivity index (χ4v) is 5.78. The number of rotatable bonds is 8. The van der Waals surface area contributed by atoms with E-state index in [1.807, 2.05) is 6.08 Å². The first-order valence-electron chi connectivity index (χ1n) is 12.0. The summed E-state index contributed by atoms with van der Waals surface area (Å²) in [5.41, 5.74) is 5.69. The van der Waals surface area contributed by atoms with E-state index in [0.717, 1.165) is 56.0 Å². The van der Waals surface area contributed by atoms with E-state index >= 15 is 0 Å². The molecular formula is C26H33ClF2N2O6S2. The topological polar surface area (TPSA) is 125 Å². The SMILES string of the molecule is C=CCC1COCC1N.C=CCC1COCC1NS(=O)(=O)c1ccc(F)cc1.O=S(=O)(Cl)c1ccc(F)cc1. The second-order valence-electron chi connectivity index (χ2n) is 8.88. The summed E-state index contributed by atoms with van der Waals surface area (Å²) >= 11 is 0. The second kappa shape index (κ2) is 15.6. The van der Waals surface area contributed by atoms with E-state index in [1.54, 1.807) is 6.08 Å². The van der Waals surface area contributed by atoms with Crippen LogP contribution in [0.15, 0.2) is 83.6 Å². The number of nitrogens with one attached hydrogen (secondary N) is 1.